The molecule has 1 unspecified atom stereocenters. The fourth-order valence-electron chi connectivity index (χ4n) is 1.69. The van der Waals surface area contributed by atoms with Crippen molar-refractivity contribution in [2.75, 3.05) is 0 Å². The molecule has 16 heavy (non-hydrogen) atoms. The van der Waals surface area contributed by atoms with Crippen molar-refractivity contribution in [2.45, 2.75) is 33.2 Å². The molecule has 86 valence electrons. The molecule has 0 aliphatic carbocycles. The van der Waals surface area contributed by atoms with E-state index in [1.807, 2.05) is 26.8 Å². The Balaban J connectivity index is 2.28. The van der Waals surface area contributed by atoms with Crippen LogP contribution in [0.5, 0.6) is 0 Å². The summed E-state index contributed by atoms with van der Waals surface area (Å²) in [6, 6.07) is 2.19. The molecule has 0 saturated heterocycles. The van der Waals surface area contributed by atoms with Gasteiger partial charge in [-0.3, -0.25) is 0 Å². The van der Waals surface area contributed by atoms with E-state index in [0.717, 1.165) is 34.2 Å². The summed E-state index contributed by atoms with van der Waals surface area (Å²) in [6.45, 7) is 5.91. The number of thiazole rings is 1. The van der Waals surface area contributed by atoms with Crippen LogP contribution in [0.1, 0.15) is 23.5 Å². The van der Waals surface area contributed by atoms with Crippen LogP contribution in [-0.4, -0.2) is 11.0 Å². The highest BCUT2D eigenvalue weighted by atomic mass is 32.1. The van der Waals surface area contributed by atoms with E-state index in [1.54, 1.807) is 11.3 Å². The van der Waals surface area contributed by atoms with Crippen LogP contribution >= 0.6 is 11.3 Å². The zero-order valence-electron chi connectivity index (χ0n) is 9.78. The highest BCUT2D eigenvalue weighted by Gasteiger charge is 2.11. The van der Waals surface area contributed by atoms with Crippen LogP contribution in [0.3, 0.4) is 0 Å². The smallest absolute Gasteiger partial charge is 0.110 e. The van der Waals surface area contributed by atoms with Gasteiger partial charge in [-0.1, -0.05) is 0 Å². The SMILES string of the molecule is Cc1cc(-c2csc(CC(C)N)n2)c(C)o1. The average molecular weight is 236 g/mol. The summed E-state index contributed by atoms with van der Waals surface area (Å²) in [5, 5.41) is 3.15. The molecule has 0 radical (unpaired) electrons. The average Bonchev–Trinajstić information content (AvgIpc) is 2.72. The molecule has 2 rings (SSSR count). The molecule has 0 saturated carbocycles. The summed E-state index contributed by atoms with van der Waals surface area (Å²) in [7, 11) is 0. The van der Waals surface area contributed by atoms with Crippen molar-refractivity contribution in [1.29, 1.82) is 0 Å². The Kier molecular flexibility index (Phi) is 3.12. The molecular weight excluding hydrogens is 220 g/mol. The summed E-state index contributed by atoms with van der Waals surface area (Å²) >= 11 is 1.66. The summed E-state index contributed by atoms with van der Waals surface area (Å²) in [4.78, 5) is 4.57. The van der Waals surface area contributed by atoms with Crippen LogP contribution in [0.15, 0.2) is 15.9 Å². The zero-order chi connectivity index (χ0) is 11.7. The number of aromatic nitrogens is 1. The molecule has 0 aliphatic heterocycles. The Hall–Kier alpha value is -1.13. The second-order valence-corrected chi connectivity index (χ2v) is 5.08. The molecule has 0 amide bonds. The van der Waals surface area contributed by atoms with Gasteiger partial charge in [0, 0.05) is 23.4 Å². The van der Waals surface area contributed by atoms with Gasteiger partial charge in [-0.15, -0.1) is 11.3 Å². The summed E-state index contributed by atoms with van der Waals surface area (Å²) in [5.41, 5.74) is 7.84. The Morgan fingerprint density at radius 1 is 1.50 bits per heavy atom. The van der Waals surface area contributed by atoms with E-state index in [0.29, 0.717) is 0 Å². The van der Waals surface area contributed by atoms with Crippen LogP contribution in [0.4, 0.5) is 0 Å². The first-order chi connectivity index (χ1) is 7.56. The minimum atomic E-state index is 0.159. The quantitative estimate of drug-likeness (QED) is 0.891. The van der Waals surface area contributed by atoms with Crippen LogP contribution in [0.2, 0.25) is 0 Å². The molecule has 2 aromatic heterocycles. The lowest BCUT2D eigenvalue weighted by atomic mass is 10.2. The third-order valence-electron chi connectivity index (χ3n) is 2.37. The largest absolute Gasteiger partial charge is 0.466 e. The van der Waals surface area contributed by atoms with Gasteiger partial charge in [-0.05, 0) is 26.8 Å². The van der Waals surface area contributed by atoms with Gasteiger partial charge in [-0.25, -0.2) is 4.98 Å². The zero-order valence-corrected chi connectivity index (χ0v) is 10.6. The maximum Gasteiger partial charge on any atom is 0.110 e. The molecule has 3 nitrogen and oxygen atoms in total. The maximum absolute atomic E-state index is 5.75. The van der Waals surface area contributed by atoms with Gasteiger partial charge in [0.15, 0.2) is 0 Å². The van der Waals surface area contributed by atoms with Crippen LogP contribution in [0, 0.1) is 13.8 Å². The van der Waals surface area contributed by atoms with Crippen molar-refractivity contribution in [2.24, 2.45) is 5.73 Å². The highest BCUT2D eigenvalue weighted by molar-refractivity contribution is 7.09. The second kappa shape index (κ2) is 4.39. The van der Waals surface area contributed by atoms with Crippen molar-refractivity contribution in [3.8, 4) is 11.3 Å². The Bertz CT molecular complexity index is 485. The minimum absolute atomic E-state index is 0.159. The molecule has 0 aromatic carbocycles. The van der Waals surface area contributed by atoms with Gasteiger partial charge >= 0.3 is 0 Å². The number of nitrogens with two attached hydrogens (primary N) is 1. The fourth-order valence-corrected chi connectivity index (χ4v) is 2.63. The molecule has 0 spiro atoms. The Morgan fingerprint density at radius 2 is 2.25 bits per heavy atom. The molecule has 2 N–H and O–H groups in total. The van der Waals surface area contributed by atoms with Gasteiger partial charge in [0.1, 0.15) is 11.5 Å². The predicted octanol–water partition coefficient (Wildman–Crippen LogP) is 2.91. The number of hydrogen-bond acceptors (Lipinski definition) is 4. The highest BCUT2D eigenvalue weighted by Crippen LogP contribution is 2.27. The molecule has 0 fully saturated rings. The number of aryl methyl sites for hydroxylation is 2. The lowest BCUT2D eigenvalue weighted by molar-refractivity contribution is 0.505. The van der Waals surface area contributed by atoms with E-state index in [-0.39, 0.29) is 6.04 Å². The topological polar surface area (TPSA) is 52.0 Å². The molecule has 2 heterocycles. The lowest BCUT2D eigenvalue weighted by Gasteiger charge is -1.99. The minimum Gasteiger partial charge on any atom is -0.466 e. The number of rotatable bonds is 3. The number of hydrogen-bond donors (Lipinski definition) is 1. The molecule has 1 atom stereocenters. The number of furan rings is 1. The van der Waals surface area contributed by atoms with Crippen LogP contribution in [0.25, 0.3) is 11.3 Å². The van der Waals surface area contributed by atoms with Crippen molar-refractivity contribution in [3.63, 3.8) is 0 Å². The monoisotopic (exact) mass is 236 g/mol. The molecule has 2 aromatic rings. The van der Waals surface area contributed by atoms with Crippen molar-refractivity contribution in [1.82, 2.24) is 4.98 Å². The molecule has 4 heteroatoms. The first kappa shape index (κ1) is 11.4. The standard InChI is InChI=1S/C12H16N2OS/c1-7(13)4-12-14-11(6-16-12)10-5-8(2)15-9(10)3/h5-7H,4,13H2,1-3H3. The summed E-state index contributed by atoms with van der Waals surface area (Å²) < 4.78 is 5.50. The third-order valence-corrected chi connectivity index (χ3v) is 3.24. The third kappa shape index (κ3) is 2.33. The first-order valence-corrected chi connectivity index (χ1v) is 6.21. The number of nitrogens with zero attached hydrogens (tertiary/aromatic N) is 1. The van der Waals surface area contributed by atoms with E-state index >= 15 is 0 Å². The Labute approximate surface area is 99.3 Å². The summed E-state index contributed by atoms with van der Waals surface area (Å²) in [6.07, 6.45) is 0.834. The lowest BCUT2D eigenvalue weighted by Crippen LogP contribution is -2.17. The maximum atomic E-state index is 5.75. The van der Waals surface area contributed by atoms with E-state index < -0.39 is 0 Å². The predicted molar refractivity (Wildman–Crippen MR) is 66.6 cm³/mol. The van der Waals surface area contributed by atoms with Gasteiger partial charge in [-0.2, -0.15) is 0 Å². The van der Waals surface area contributed by atoms with Crippen LogP contribution < -0.4 is 5.73 Å². The van der Waals surface area contributed by atoms with E-state index in [4.69, 9.17) is 10.2 Å². The molecule has 0 aliphatic rings. The first-order valence-electron chi connectivity index (χ1n) is 5.33. The van der Waals surface area contributed by atoms with E-state index in [2.05, 4.69) is 10.4 Å². The summed E-state index contributed by atoms with van der Waals surface area (Å²) in [5.74, 6) is 1.85. The van der Waals surface area contributed by atoms with Gasteiger partial charge < -0.3 is 10.2 Å². The van der Waals surface area contributed by atoms with Crippen molar-refractivity contribution in [3.05, 3.63) is 28.0 Å². The van der Waals surface area contributed by atoms with E-state index in [9.17, 15) is 0 Å². The van der Waals surface area contributed by atoms with Crippen LogP contribution in [-0.2, 0) is 6.42 Å². The van der Waals surface area contributed by atoms with E-state index in [1.165, 1.54) is 0 Å². The van der Waals surface area contributed by atoms with Gasteiger partial charge in [0.2, 0.25) is 0 Å². The van der Waals surface area contributed by atoms with Crippen molar-refractivity contribution < 1.29 is 4.42 Å². The fraction of sp³-hybridized carbons (Fsp3) is 0.417. The molecular formula is C12H16N2OS. The normalized spacial score (nSPS) is 13.0. The molecule has 0 bridgehead atoms. The van der Waals surface area contributed by atoms with Crippen molar-refractivity contribution >= 4 is 11.3 Å². The van der Waals surface area contributed by atoms with Gasteiger partial charge in [0.25, 0.3) is 0 Å². The van der Waals surface area contributed by atoms with Gasteiger partial charge in [0.05, 0.1) is 10.7 Å². The Morgan fingerprint density at radius 3 is 2.81 bits per heavy atom. The second-order valence-electron chi connectivity index (χ2n) is 4.13.